The Kier molecular flexibility index (Phi) is 11.4. The molecule has 0 aromatic carbocycles. The molecule has 0 bridgehead atoms. The van der Waals surface area contributed by atoms with E-state index < -0.39 is 12.1 Å². The van der Waals surface area contributed by atoms with Crippen molar-refractivity contribution in [2.24, 2.45) is 0 Å². The van der Waals surface area contributed by atoms with Crippen LogP contribution >= 0.6 is 0 Å². The highest BCUT2D eigenvalue weighted by atomic mass is 16.4. The van der Waals surface area contributed by atoms with Gasteiger partial charge in [0.2, 0.25) is 0 Å². The van der Waals surface area contributed by atoms with E-state index in [0.29, 0.717) is 19.3 Å². The maximum absolute atomic E-state index is 12.3. The SMILES string of the molecule is CCCCCCCCCCCCC1(CCCC(=O)O)NCCC1[O]. The largest absolute Gasteiger partial charge is 0.481 e. The summed E-state index contributed by atoms with van der Waals surface area (Å²) in [5.41, 5.74) is -0.338. The summed E-state index contributed by atoms with van der Waals surface area (Å²) in [7, 11) is 0. The molecular weight excluding hydrogens is 302 g/mol. The smallest absolute Gasteiger partial charge is 0.303 e. The molecule has 1 fully saturated rings. The van der Waals surface area contributed by atoms with Crippen LogP contribution < -0.4 is 5.32 Å². The van der Waals surface area contributed by atoms with Gasteiger partial charge in [-0.3, -0.25) is 4.79 Å². The number of hydrogen-bond acceptors (Lipinski definition) is 2. The monoisotopic (exact) mass is 340 g/mol. The lowest BCUT2D eigenvalue weighted by Gasteiger charge is -2.32. The summed E-state index contributed by atoms with van der Waals surface area (Å²) >= 11 is 0. The molecular formula is C20H38NO3. The highest BCUT2D eigenvalue weighted by molar-refractivity contribution is 5.66. The molecule has 1 saturated heterocycles. The van der Waals surface area contributed by atoms with Gasteiger partial charge >= 0.3 is 5.97 Å². The number of nitrogens with one attached hydrogen (secondary N) is 1. The molecule has 2 N–H and O–H groups in total. The van der Waals surface area contributed by atoms with E-state index in [0.717, 1.165) is 19.4 Å². The van der Waals surface area contributed by atoms with Gasteiger partial charge in [0.1, 0.15) is 6.10 Å². The van der Waals surface area contributed by atoms with Crippen LogP contribution in [0.5, 0.6) is 0 Å². The van der Waals surface area contributed by atoms with Crippen molar-refractivity contribution in [2.75, 3.05) is 6.54 Å². The van der Waals surface area contributed by atoms with E-state index in [2.05, 4.69) is 12.2 Å². The second kappa shape index (κ2) is 12.7. The lowest BCUT2D eigenvalue weighted by Crippen LogP contribution is -2.47. The fourth-order valence-corrected chi connectivity index (χ4v) is 3.95. The molecule has 0 spiro atoms. The van der Waals surface area contributed by atoms with Gasteiger partial charge in [-0.25, -0.2) is 5.11 Å². The van der Waals surface area contributed by atoms with Crippen molar-refractivity contribution in [3.8, 4) is 0 Å². The van der Waals surface area contributed by atoms with Gasteiger partial charge in [-0.15, -0.1) is 0 Å². The molecule has 0 aromatic rings. The molecule has 4 nitrogen and oxygen atoms in total. The third-order valence-electron chi connectivity index (χ3n) is 5.49. The zero-order valence-corrected chi connectivity index (χ0v) is 15.7. The van der Waals surface area contributed by atoms with E-state index in [4.69, 9.17) is 5.11 Å². The summed E-state index contributed by atoms with van der Waals surface area (Å²) in [6.45, 7) is 3.04. The van der Waals surface area contributed by atoms with Crippen LogP contribution in [0, 0.1) is 0 Å². The first kappa shape index (κ1) is 21.4. The van der Waals surface area contributed by atoms with Crippen molar-refractivity contribution < 1.29 is 15.0 Å². The Labute approximate surface area is 148 Å². The summed E-state index contributed by atoms with van der Waals surface area (Å²) in [5, 5.41) is 24.6. The van der Waals surface area contributed by atoms with Crippen LogP contribution in [0.1, 0.15) is 103 Å². The molecule has 2 unspecified atom stereocenters. The van der Waals surface area contributed by atoms with E-state index in [9.17, 15) is 9.90 Å². The van der Waals surface area contributed by atoms with Gasteiger partial charge in [-0.2, -0.15) is 0 Å². The Bertz CT molecular complexity index is 335. The van der Waals surface area contributed by atoms with E-state index >= 15 is 0 Å². The minimum atomic E-state index is -0.760. The summed E-state index contributed by atoms with van der Waals surface area (Å²) in [4.78, 5) is 10.7. The van der Waals surface area contributed by atoms with Crippen LogP contribution in [0.25, 0.3) is 0 Å². The number of hydrogen-bond donors (Lipinski definition) is 2. The van der Waals surface area contributed by atoms with E-state index in [-0.39, 0.29) is 12.0 Å². The normalized spacial score (nSPS) is 23.7. The number of carbonyl (C=O) groups is 1. The van der Waals surface area contributed by atoms with E-state index in [1.165, 1.54) is 57.8 Å². The quantitative estimate of drug-likeness (QED) is 0.408. The Morgan fingerprint density at radius 1 is 0.958 bits per heavy atom. The Hall–Kier alpha value is -0.610. The number of unbranched alkanes of at least 4 members (excludes halogenated alkanes) is 9. The van der Waals surface area contributed by atoms with Crippen molar-refractivity contribution in [3.05, 3.63) is 0 Å². The van der Waals surface area contributed by atoms with Crippen LogP contribution in [0.2, 0.25) is 0 Å². The standard InChI is InChI=1S/C20H38NO3/c1-2-3-4-5-6-7-8-9-10-11-15-20(16-12-13-19(23)24)18(22)14-17-21-20/h18,21H,2-17H2,1H3,(H,23,24). The number of carboxylic acid groups (broad SMARTS) is 1. The summed E-state index contributed by atoms with van der Waals surface area (Å²) < 4.78 is 0. The summed E-state index contributed by atoms with van der Waals surface area (Å²) in [5.74, 6) is -0.760. The fraction of sp³-hybridized carbons (Fsp3) is 0.950. The topological polar surface area (TPSA) is 69.2 Å². The third-order valence-corrected chi connectivity index (χ3v) is 5.49. The molecule has 1 rings (SSSR count). The lowest BCUT2D eigenvalue weighted by molar-refractivity contribution is -0.137. The average Bonchev–Trinajstić information content (AvgIpc) is 2.90. The van der Waals surface area contributed by atoms with Crippen LogP contribution in [-0.2, 0) is 9.90 Å². The number of aliphatic carboxylic acids is 1. The zero-order valence-electron chi connectivity index (χ0n) is 15.7. The summed E-state index contributed by atoms with van der Waals surface area (Å²) in [6.07, 6.45) is 15.5. The van der Waals surface area contributed by atoms with Crippen molar-refractivity contribution >= 4 is 5.97 Å². The molecule has 141 valence electrons. The maximum Gasteiger partial charge on any atom is 0.303 e. The summed E-state index contributed by atoms with van der Waals surface area (Å²) in [6, 6.07) is 0. The molecule has 0 amide bonds. The van der Waals surface area contributed by atoms with Crippen LogP contribution in [0.15, 0.2) is 0 Å². The molecule has 24 heavy (non-hydrogen) atoms. The van der Waals surface area contributed by atoms with Gasteiger partial charge < -0.3 is 10.4 Å². The minimum absolute atomic E-state index is 0.175. The van der Waals surface area contributed by atoms with Gasteiger partial charge in [0, 0.05) is 12.0 Å². The molecule has 1 aliphatic heterocycles. The highest BCUT2D eigenvalue weighted by Gasteiger charge is 2.41. The Balaban J connectivity index is 2.11. The van der Waals surface area contributed by atoms with E-state index in [1.807, 2.05) is 0 Å². The molecule has 1 aliphatic rings. The van der Waals surface area contributed by atoms with E-state index in [1.54, 1.807) is 0 Å². The third kappa shape index (κ3) is 8.48. The minimum Gasteiger partial charge on any atom is -0.481 e. The average molecular weight is 341 g/mol. The van der Waals surface area contributed by atoms with Crippen molar-refractivity contribution in [3.63, 3.8) is 0 Å². The van der Waals surface area contributed by atoms with Crippen LogP contribution in [0.4, 0.5) is 0 Å². The van der Waals surface area contributed by atoms with Gasteiger partial charge in [-0.1, -0.05) is 71.1 Å². The molecule has 2 atom stereocenters. The molecule has 0 saturated carbocycles. The molecule has 0 aliphatic carbocycles. The van der Waals surface area contributed by atoms with Crippen molar-refractivity contribution in [1.29, 1.82) is 0 Å². The first-order valence-corrected chi connectivity index (χ1v) is 10.2. The number of rotatable bonds is 15. The van der Waals surface area contributed by atoms with Crippen LogP contribution in [-0.4, -0.2) is 29.3 Å². The zero-order chi connectivity index (χ0) is 17.7. The predicted octanol–water partition coefficient (Wildman–Crippen LogP) is 5.08. The maximum atomic E-state index is 12.3. The lowest BCUT2D eigenvalue weighted by atomic mass is 9.83. The molecule has 1 heterocycles. The molecule has 4 heteroatoms. The van der Waals surface area contributed by atoms with Gasteiger partial charge in [0.05, 0.1) is 0 Å². The van der Waals surface area contributed by atoms with Crippen LogP contribution in [0.3, 0.4) is 0 Å². The van der Waals surface area contributed by atoms with Gasteiger partial charge in [0.15, 0.2) is 0 Å². The highest BCUT2D eigenvalue weighted by Crippen LogP contribution is 2.32. The second-order valence-corrected chi connectivity index (χ2v) is 7.54. The first-order chi connectivity index (χ1) is 11.6. The second-order valence-electron chi connectivity index (χ2n) is 7.54. The predicted molar refractivity (Wildman–Crippen MR) is 97.8 cm³/mol. The number of carboxylic acids is 1. The Morgan fingerprint density at radius 2 is 1.50 bits per heavy atom. The Morgan fingerprint density at radius 3 is 2.00 bits per heavy atom. The fourth-order valence-electron chi connectivity index (χ4n) is 3.95. The first-order valence-electron chi connectivity index (χ1n) is 10.2. The van der Waals surface area contributed by atoms with Crippen molar-refractivity contribution in [1.82, 2.24) is 5.32 Å². The molecule has 1 radical (unpaired) electrons. The van der Waals surface area contributed by atoms with Gasteiger partial charge in [0.25, 0.3) is 0 Å². The van der Waals surface area contributed by atoms with Gasteiger partial charge in [-0.05, 0) is 32.2 Å². The molecule has 0 aromatic heterocycles. The van der Waals surface area contributed by atoms with Crippen molar-refractivity contribution in [2.45, 2.75) is 115 Å².